The zero-order valence-corrected chi connectivity index (χ0v) is 18.8. The molecule has 0 aromatic heterocycles. The lowest BCUT2D eigenvalue weighted by atomic mass is 10.0. The molecule has 0 spiro atoms. The summed E-state index contributed by atoms with van der Waals surface area (Å²) in [7, 11) is 0. The maximum Gasteiger partial charge on any atom is 0.416 e. The predicted octanol–water partition coefficient (Wildman–Crippen LogP) is 5.77. The highest BCUT2D eigenvalue weighted by atomic mass is 19.4. The first kappa shape index (κ1) is 24.0. The maximum atomic E-state index is 13.1. The molecule has 7 heteroatoms. The van der Waals surface area contributed by atoms with Gasteiger partial charge in [-0.3, -0.25) is 15.0 Å². The topological polar surface area (TPSA) is 44.4 Å². The number of benzene rings is 3. The Balaban J connectivity index is 1.44. The Kier molecular flexibility index (Phi) is 7.65. The van der Waals surface area contributed by atoms with Gasteiger partial charge in [-0.25, -0.2) is 0 Å². The first-order valence-corrected chi connectivity index (χ1v) is 11.4. The van der Waals surface area contributed by atoms with Crippen molar-refractivity contribution in [1.29, 1.82) is 0 Å². The van der Waals surface area contributed by atoms with Crippen LogP contribution in [0.15, 0.2) is 78.9 Å². The maximum absolute atomic E-state index is 13.1. The number of nitrogens with one attached hydrogen (secondary N) is 2. The molecule has 1 saturated heterocycles. The number of hydrogen-bond acceptors (Lipinski definition) is 3. The molecule has 0 bridgehead atoms. The highest BCUT2D eigenvalue weighted by molar-refractivity contribution is 5.95. The van der Waals surface area contributed by atoms with Crippen molar-refractivity contribution in [1.82, 2.24) is 10.2 Å². The lowest BCUT2D eigenvalue weighted by molar-refractivity contribution is -0.137. The third kappa shape index (κ3) is 6.46. The third-order valence-electron chi connectivity index (χ3n) is 5.99. The van der Waals surface area contributed by atoms with Crippen LogP contribution >= 0.6 is 0 Å². The van der Waals surface area contributed by atoms with Crippen LogP contribution in [-0.2, 0) is 24.1 Å². The smallest absolute Gasteiger partial charge is 0.324 e. The standard InChI is InChI=1S/C27H28F3N3O/c28-27(29,30)23-9-6-10-24(17-23)32-26(34)25(22-7-2-1-3-8-22)31-18-20-11-13-21(14-12-20)19-33-15-4-5-16-33/h1-3,6-14,17,25,31H,4-5,15-16,18-19H2,(H,32,34). The van der Waals surface area contributed by atoms with E-state index in [9.17, 15) is 18.0 Å². The Bertz CT molecular complexity index is 1080. The molecule has 1 unspecified atom stereocenters. The van der Waals surface area contributed by atoms with Crippen LogP contribution in [0.2, 0.25) is 0 Å². The highest BCUT2D eigenvalue weighted by Crippen LogP contribution is 2.31. The van der Waals surface area contributed by atoms with Crippen LogP contribution in [-0.4, -0.2) is 23.9 Å². The Morgan fingerprint density at radius 3 is 2.24 bits per heavy atom. The van der Waals surface area contributed by atoms with E-state index >= 15 is 0 Å². The van der Waals surface area contributed by atoms with Crippen molar-refractivity contribution < 1.29 is 18.0 Å². The van der Waals surface area contributed by atoms with Gasteiger partial charge < -0.3 is 5.32 Å². The second kappa shape index (κ2) is 10.8. The summed E-state index contributed by atoms with van der Waals surface area (Å²) >= 11 is 0. The Hall–Kier alpha value is -3.16. The lowest BCUT2D eigenvalue weighted by Crippen LogP contribution is -2.32. The summed E-state index contributed by atoms with van der Waals surface area (Å²) in [5, 5.41) is 5.90. The van der Waals surface area contributed by atoms with Crippen LogP contribution in [0, 0.1) is 0 Å². The quantitative estimate of drug-likeness (QED) is 0.442. The molecule has 1 amide bonds. The number of alkyl halides is 3. The van der Waals surface area contributed by atoms with E-state index < -0.39 is 23.7 Å². The van der Waals surface area contributed by atoms with Crippen molar-refractivity contribution in [2.24, 2.45) is 0 Å². The van der Waals surface area contributed by atoms with Crippen LogP contribution in [0.25, 0.3) is 0 Å². The van der Waals surface area contributed by atoms with Crippen LogP contribution in [0.5, 0.6) is 0 Å². The van der Waals surface area contributed by atoms with Crippen molar-refractivity contribution in [2.75, 3.05) is 18.4 Å². The van der Waals surface area contributed by atoms with Crippen molar-refractivity contribution in [2.45, 2.75) is 38.1 Å². The van der Waals surface area contributed by atoms with Gasteiger partial charge in [-0.05, 0) is 60.8 Å². The van der Waals surface area contributed by atoms with Gasteiger partial charge >= 0.3 is 6.18 Å². The number of hydrogen-bond donors (Lipinski definition) is 2. The third-order valence-corrected chi connectivity index (χ3v) is 5.99. The number of amides is 1. The molecular formula is C27H28F3N3O. The molecule has 1 aliphatic heterocycles. The molecule has 4 nitrogen and oxygen atoms in total. The van der Waals surface area contributed by atoms with E-state index in [-0.39, 0.29) is 5.69 Å². The zero-order chi connectivity index (χ0) is 24.0. The summed E-state index contributed by atoms with van der Waals surface area (Å²) in [5.41, 5.74) is 2.32. The average Bonchev–Trinajstić information content (AvgIpc) is 3.34. The number of carbonyl (C=O) groups is 1. The monoisotopic (exact) mass is 467 g/mol. The normalized spacial score (nSPS) is 15.3. The van der Waals surface area contributed by atoms with Gasteiger partial charge in [0.25, 0.3) is 0 Å². The summed E-state index contributed by atoms with van der Waals surface area (Å²) in [5.74, 6) is -0.420. The predicted molar refractivity (Wildman–Crippen MR) is 127 cm³/mol. The number of nitrogens with zero attached hydrogens (tertiary/aromatic N) is 1. The molecule has 34 heavy (non-hydrogen) atoms. The van der Waals surface area contributed by atoms with E-state index in [2.05, 4.69) is 27.7 Å². The zero-order valence-electron chi connectivity index (χ0n) is 18.8. The largest absolute Gasteiger partial charge is 0.416 e. The van der Waals surface area contributed by atoms with Crippen molar-refractivity contribution in [3.63, 3.8) is 0 Å². The van der Waals surface area contributed by atoms with E-state index in [0.717, 1.165) is 42.9 Å². The fourth-order valence-corrected chi connectivity index (χ4v) is 4.18. The minimum absolute atomic E-state index is 0.105. The molecule has 3 aromatic carbocycles. The van der Waals surface area contributed by atoms with Crippen molar-refractivity contribution in [3.8, 4) is 0 Å². The number of anilines is 1. The SMILES string of the molecule is O=C(Nc1cccc(C(F)(F)F)c1)C(NCc1ccc(CN2CCCC2)cc1)c1ccccc1. The van der Waals surface area contributed by atoms with Crippen molar-refractivity contribution in [3.05, 3.63) is 101 Å². The van der Waals surface area contributed by atoms with Gasteiger partial charge in [0.1, 0.15) is 6.04 Å². The van der Waals surface area contributed by atoms with Crippen LogP contribution in [0.3, 0.4) is 0 Å². The second-order valence-corrected chi connectivity index (χ2v) is 8.59. The Morgan fingerprint density at radius 2 is 1.56 bits per heavy atom. The molecular weight excluding hydrogens is 439 g/mol. The van der Waals surface area contributed by atoms with Gasteiger partial charge in [0.05, 0.1) is 5.56 Å². The summed E-state index contributed by atoms with van der Waals surface area (Å²) in [4.78, 5) is 15.5. The Labute approximate surface area is 197 Å². The molecule has 0 aliphatic carbocycles. The molecule has 3 aromatic rings. The molecule has 0 radical (unpaired) electrons. The van der Waals surface area contributed by atoms with Crippen LogP contribution < -0.4 is 10.6 Å². The van der Waals surface area contributed by atoms with Crippen LogP contribution in [0.1, 0.15) is 41.1 Å². The van der Waals surface area contributed by atoms with Gasteiger partial charge in [0.2, 0.25) is 5.91 Å². The summed E-state index contributed by atoms with van der Waals surface area (Å²) in [6, 6.07) is 21.4. The highest BCUT2D eigenvalue weighted by Gasteiger charge is 2.30. The molecule has 178 valence electrons. The molecule has 4 rings (SSSR count). The Morgan fingerprint density at radius 1 is 0.882 bits per heavy atom. The fraction of sp³-hybridized carbons (Fsp3) is 0.296. The van der Waals surface area contributed by atoms with Gasteiger partial charge in [-0.15, -0.1) is 0 Å². The van der Waals surface area contributed by atoms with E-state index in [1.165, 1.54) is 30.5 Å². The minimum atomic E-state index is -4.47. The minimum Gasteiger partial charge on any atom is -0.324 e. The number of likely N-dealkylation sites (tertiary alicyclic amines) is 1. The second-order valence-electron chi connectivity index (χ2n) is 8.59. The first-order valence-electron chi connectivity index (χ1n) is 11.4. The fourth-order valence-electron chi connectivity index (χ4n) is 4.18. The van der Waals surface area contributed by atoms with E-state index in [1.807, 2.05) is 42.5 Å². The van der Waals surface area contributed by atoms with Gasteiger partial charge in [0, 0.05) is 18.8 Å². The summed E-state index contributed by atoms with van der Waals surface area (Å²) in [6.45, 7) is 3.67. The molecule has 1 fully saturated rings. The number of carbonyl (C=O) groups excluding carboxylic acids is 1. The summed E-state index contributed by atoms with van der Waals surface area (Å²) in [6.07, 6.45) is -1.96. The van der Waals surface area contributed by atoms with Gasteiger partial charge in [0.15, 0.2) is 0 Å². The molecule has 0 saturated carbocycles. The molecule has 1 aliphatic rings. The number of halogens is 3. The van der Waals surface area contributed by atoms with Gasteiger partial charge in [-0.1, -0.05) is 60.7 Å². The summed E-state index contributed by atoms with van der Waals surface area (Å²) < 4.78 is 39.2. The number of rotatable bonds is 8. The van der Waals surface area contributed by atoms with Crippen LogP contribution in [0.4, 0.5) is 18.9 Å². The molecule has 1 atom stereocenters. The molecule has 2 N–H and O–H groups in total. The lowest BCUT2D eigenvalue weighted by Gasteiger charge is -2.20. The van der Waals surface area contributed by atoms with E-state index in [4.69, 9.17) is 0 Å². The van der Waals surface area contributed by atoms with E-state index in [1.54, 1.807) is 0 Å². The first-order chi connectivity index (χ1) is 16.4. The van der Waals surface area contributed by atoms with E-state index in [0.29, 0.717) is 6.54 Å². The van der Waals surface area contributed by atoms with Crippen molar-refractivity contribution >= 4 is 11.6 Å². The molecule has 1 heterocycles. The van der Waals surface area contributed by atoms with Gasteiger partial charge in [-0.2, -0.15) is 13.2 Å². The average molecular weight is 468 g/mol.